The molecule has 0 saturated heterocycles. The molecule has 1 atom stereocenters. The fraction of sp³-hybridized carbons (Fsp3) is 0.500. The summed E-state index contributed by atoms with van der Waals surface area (Å²) >= 11 is 7.71. The van der Waals surface area contributed by atoms with Gasteiger partial charge in [-0.25, -0.2) is 0 Å². The van der Waals surface area contributed by atoms with Crippen LogP contribution in [0.25, 0.3) is 11.0 Å². The molecule has 0 spiro atoms. The normalized spacial score (nSPS) is 12.9. The quantitative estimate of drug-likeness (QED) is 0.864. The average Bonchev–Trinajstić information content (AvgIpc) is 2.75. The van der Waals surface area contributed by atoms with Gasteiger partial charge in [0.05, 0.1) is 11.6 Å². The van der Waals surface area contributed by atoms with Gasteiger partial charge in [0, 0.05) is 18.8 Å². The van der Waals surface area contributed by atoms with Gasteiger partial charge in [-0.1, -0.05) is 0 Å². The second kappa shape index (κ2) is 5.10. The summed E-state index contributed by atoms with van der Waals surface area (Å²) in [5.74, 6) is 1.84. The van der Waals surface area contributed by atoms with Gasteiger partial charge in [-0.3, -0.25) is 5.10 Å². The lowest BCUT2D eigenvalue weighted by Gasteiger charge is -2.25. The van der Waals surface area contributed by atoms with E-state index in [0.29, 0.717) is 11.7 Å². The van der Waals surface area contributed by atoms with Crippen molar-refractivity contribution in [1.29, 1.82) is 0 Å². The number of anilines is 1. The Labute approximate surface area is 109 Å². The predicted molar refractivity (Wildman–Crippen MR) is 72.9 cm³/mol. The molecule has 2 rings (SSSR count). The van der Waals surface area contributed by atoms with Gasteiger partial charge in [0.15, 0.2) is 5.65 Å². The monoisotopic (exact) mass is 271 g/mol. The second-order valence-corrected chi connectivity index (χ2v) is 5.11. The lowest BCUT2D eigenvalue weighted by atomic mass is 10.3. The van der Waals surface area contributed by atoms with Crippen LogP contribution in [0.5, 0.6) is 0 Å². The summed E-state index contributed by atoms with van der Waals surface area (Å²) in [4.78, 5) is 10.5. The summed E-state index contributed by atoms with van der Waals surface area (Å²) < 4.78 is 0. The van der Waals surface area contributed by atoms with Gasteiger partial charge in [0.1, 0.15) is 5.82 Å². The number of halogens is 1. The van der Waals surface area contributed by atoms with E-state index in [1.54, 1.807) is 18.0 Å². The number of nitrogens with one attached hydrogen (secondary N) is 1. The van der Waals surface area contributed by atoms with E-state index in [-0.39, 0.29) is 5.28 Å². The largest absolute Gasteiger partial charge is 0.355 e. The molecule has 7 heteroatoms. The van der Waals surface area contributed by atoms with Crippen molar-refractivity contribution >= 4 is 40.2 Å². The van der Waals surface area contributed by atoms with E-state index in [1.165, 1.54) is 0 Å². The fourth-order valence-corrected chi connectivity index (χ4v) is 2.49. The van der Waals surface area contributed by atoms with Crippen LogP contribution in [-0.4, -0.2) is 45.3 Å². The van der Waals surface area contributed by atoms with Gasteiger partial charge in [0.2, 0.25) is 5.28 Å². The third kappa shape index (κ3) is 2.47. The zero-order valence-electron chi connectivity index (χ0n) is 9.94. The first kappa shape index (κ1) is 12.4. The van der Waals surface area contributed by atoms with E-state index in [0.717, 1.165) is 17.0 Å². The molecule has 0 radical (unpaired) electrons. The van der Waals surface area contributed by atoms with Gasteiger partial charge in [-0.2, -0.15) is 26.8 Å². The number of aromatic nitrogens is 4. The van der Waals surface area contributed by atoms with Crippen LogP contribution < -0.4 is 4.90 Å². The molecule has 17 heavy (non-hydrogen) atoms. The first-order valence-corrected chi connectivity index (χ1v) is 6.99. The van der Waals surface area contributed by atoms with Crippen LogP contribution in [0, 0.1) is 0 Å². The molecule has 92 valence electrons. The van der Waals surface area contributed by atoms with Crippen molar-refractivity contribution in [2.24, 2.45) is 0 Å². The molecule has 0 aliphatic carbocycles. The van der Waals surface area contributed by atoms with Crippen molar-refractivity contribution < 1.29 is 0 Å². The van der Waals surface area contributed by atoms with Gasteiger partial charge < -0.3 is 4.90 Å². The number of rotatable bonds is 4. The molecule has 0 aromatic carbocycles. The summed E-state index contributed by atoms with van der Waals surface area (Å²) in [5, 5.41) is 7.91. The molecule has 2 aromatic rings. The van der Waals surface area contributed by atoms with Gasteiger partial charge in [-0.15, -0.1) is 0 Å². The van der Waals surface area contributed by atoms with Crippen LogP contribution in [-0.2, 0) is 0 Å². The minimum absolute atomic E-state index is 0.236. The van der Waals surface area contributed by atoms with Crippen LogP contribution in [0.1, 0.15) is 6.92 Å². The summed E-state index contributed by atoms with van der Waals surface area (Å²) in [7, 11) is 2.01. The molecule has 1 N–H and O–H groups in total. The highest BCUT2D eigenvalue weighted by molar-refractivity contribution is 7.98. The molecular weight excluding hydrogens is 258 g/mol. The number of nitrogens with zero attached hydrogens (tertiary/aromatic N) is 4. The number of H-pyrrole nitrogens is 1. The van der Waals surface area contributed by atoms with Gasteiger partial charge in [0.25, 0.3) is 0 Å². The SMILES string of the molecule is CSCC(C)N(C)c1nc(Cl)nc2[nH]ncc12. The maximum absolute atomic E-state index is 5.90. The Bertz CT molecular complexity index is 514. The molecule has 0 saturated carbocycles. The molecule has 0 aliphatic rings. The van der Waals surface area contributed by atoms with Crippen molar-refractivity contribution in [1.82, 2.24) is 20.2 Å². The molecule has 0 amide bonds. The molecule has 0 bridgehead atoms. The van der Waals surface area contributed by atoms with Gasteiger partial charge >= 0.3 is 0 Å². The maximum atomic E-state index is 5.90. The van der Waals surface area contributed by atoms with Gasteiger partial charge in [-0.05, 0) is 24.8 Å². The third-order valence-electron chi connectivity index (χ3n) is 2.67. The van der Waals surface area contributed by atoms with Crippen LogP contribution in [0.2, 0.25) is 5.28 Å². The van der Waals surface area contributed by atoms with Crippen LogP contribution in [0.15, 0.2) is 6.20 Å². The van der Waals surface area contributed by atoms with E-state index in [9.17, 15) is 0 Å². The smallest absolute Gasteiger partial charge is 0.226 e. The zero-order valence-corrected chi connectivity index (χ0v) is 11.5. The molecular formula is C10H14ClN5S. The lowest BCUT2D eigenvalue weighted by molar-refractivity contribution is 0.756. The molecule has 0 aliphatic heterocycles. The van der Waals surface area contributed by atoms with E-state index >= 15 is 0 Å². The van der Waals surface area contributed by atoms with Crippen molar-refractivity contribution in [2.75, 3.05) is 24.0 Å². The highest BCUT2D eigenvalue weighted by Gasteiger charge is 2.16. The number of thioether (sulfide) groups is 1. The lowest BCUT2D eigenvalue weighted by Crippen LogP contribution is -2.31. The Kier molecular flexibility index (Phi) is 3.73. The van der Waals surface area contributed by atoms with Crippen molar-refractivity contribution in [3.63, 3.8) is 0 Å². The number of hydrogen-bond acceptors (Lipinski definition) is 5. The minimum atomic E-state index is 0.236. The topological polar surface area (TPSA) is 57.7 Å². The molecule has 0 fully saturated rings. The van der Waals surface area contributed by atoms with Crippen LogP contribution >= 0.6 is 23.4 Å². The first-order chi connectivity index (χ1) is 8.13. The number of aromatic amines is 1. The van der Waals surface area contributed by atoms with E-state index in [4.69, 9.17) is 11.6 Å². The zero-order chi connectivity index (χ0) is 12.4. The number of hydrogen-bond donors (Lipinski definition) is 1. The molecule has 1 unspecified atom stereocenters. The number of fused-ring (bicyclic) bond motifs is 1. The van der Waals surface area contributed by atoms with E-state index < -0.39 is 0 Å². The van der Waals surface area contributed by atoms with Crippen molar-refractivity contribution in [3.8, 4) is 0 Å². The molecule has 2 aromatic heterocycles. The Hall–Kier alpha value is -1.01. The Balaban J connectivity index is 2.43. The molecule has 2 heterocycles. The van der Waals surface area contributed by atoms with Crippen molar-refractivity contribution in [2.45, 2.75) is 13.0 Å². The van der Waals surface area contributed by atoms with Crippen LogP contribution in [0.3, 0.4) is 0 Å². The predicted octanol–water partition coefficient (Wildman–Crippen LogP) is 2.19. The Morgan fingerprint density at radius 1 is 1.53 bits per heavy atom. The summed E-state index contributed by atoms with van der Waals surface area (Å²) in [6.45, 7) is 2.15. The Morgan fingerprint density at radius 3 is 3.00 bits per heavy atom. The van der Waals surface area contributed by atoms with E-state index in [2.05, 4.69) is 38.2 Å². The second-order valence-electron chi connectivity index (χ2n) is 3.86. The Morgan fingerprint density at radius 2 is 2.29 bits per heavy atom. The van der Waals surface area contributed by atoms with Crippen molar-refractivity contribution in [3.05, 3.63) is 11.5 Å². The maximum Gasteiger partial charge on any atom is 0.226 e. The summed E-state index contributed by atoms with van der Waals surface area (Å²) in [6, 6.07) is 0.370. The summed E-state index contributed by atoms with van der Waals surface area (Å²) in [5.41, 5.74) is 0.670. The van der Waals surface area contributed by atoms with Crippen LogP contribution in [0.4, 0.5) is 5.82 Å². The highest BCUT2D eigenvalue weighted by Crippen LogP contribution is 2.24. The first-order valence-electron chi connectivity index (χ1n) is 5.22. The fourth-order valence-electron chi connectivity index (χ4n) is 1.62. The van der Waals surface area contributed by atoms with E-state index in [1.807, 2.05) is 7.05 Å². The summed E-state index contributed by atoms with van der Waals surface area (Å²) in [6.07, 6.45) is 3.81. The molecule has 5 nitrogen and oxygen atoms in total. The standard InChI is InChI=1S/C10H14ClN5S/c1-6(5-17-3)16(2)9-7-4-12-15-8(7)13-10(11)14-9/h4,6H,5H2,1-3H3,(H,12,13,14,15). The minimum Gasteiger partial charge on any atom is -0.355 e. The average molecular weight is 272 g/mol. The highest BCUT2D eigenvalue weighted by atomic mass is 35.5. The third-order valence-corrected chi connectivity index (χ3v) is 3.65.